The minimum absolute atomic E-state index is 0.522. The van der Waals surface area contributed by atoms with Gasteiger partial charge in [0.05, 0.1) is 5.70 Å². The summed E-state index contributed by atoms with van der Waals surface area (Å²) in [5, 5.41) is 8.53. The minimum Gasteiger partial charge on any atom is -0.291 e. The molecule has 1 aromatic carbocycles. The summed E-state index contributed by atoms with van der Waals surface area (Å²) in [7, 11) is 0. The lowest BCUT2D eigenvalue weighted by Gasteiger charge is -2.03. The van der Waals surface area contributed by atoms with Crippen molar-refractivity contribution in [2.75, 3.05) is 0 Å². The van der Waals surface area contributed by atoms with E-state index in [0.717, 1.165) is 11.1 Å². The van der Waals surface area contributed by atoms with Gasteiger partial charge in [-0.05, 0) is 18.6 Å². The highest BCUT2D eigenvalue weighted by Gasteiger charge is 1.94. The molecule has 0 unspecified atom stereocenters. The fraction of sp³-hybridized carbons (Fsp3) is 0.111. The molecule has 0 heterocycles. The molecule has 2 nitrogen and oxygen atoms in total. The predicted molar refractivity (Wildman–Crippen MR) is 45.1 cm³/mol. The second-order valence-corrected chi connectivity index (χ2v) is 2.46. The Kier molecular flexibility index (Phi) is 2.28. The van der Waals surface area contributed by atoms with E-state index in [9.17, 15) is 0 Å². The SMILES string of the molecule is C=C(NO)c1cccc(C)c1. The van der Waals surface area contributed by atoms with E-state index in [-0.39, 0.29) is 0 Å². The molecule has 0 aliphatic carbocycles. The summed E-state index contributed by atoms with van der Waals surface area (Å²) >= 11 is 0. The fourth-order valence-corrected chi connectivity index (χ4v) is 0.897. The summed E-state index contributed by atoms with van der Waals surface area (Å²) in [5.41, 5.74) is 4.60. The van der Waals surface area contributed by atoms with E-state index in [0.29, 0.717) is 5.70 Å². The van der Waals surface area contributed by atoms with Crippen LogP contribution in [0.3, 0.4) is 0 Å². The summed E-state index contributed by atoms with van der Waals surface area (Å²) in [5.74, 6) is 0. The van der Waals surface area contributed by atoms with Crippen LogP contribution in [0.5, 0.6) is 0 Å². The van der Waals surface area contributed by atoms with Crippen LogP contribution in [0.4, 0.5) is 0 Å². The van der Waals surface area contributed by atoms with Crippen molar-refractivity contribution in [1.82, 2.24) is 5.48 Å². The molecule has 0 amide bonds. The van der Waals surface area contributed by atoms with E-state index in [1.165, 1.54) is 0 Å². The van der Waals surface area contributed by atoms with Gasteiger partial charge in [-0.25, -0.2) is 0 Å². The second-order valence-electron chi connectivity index (χ2n) is 2.46. The van der Waals surface area contributed by atoms with Crippen molar-refractivity contribution < 1.29 is 5.21 Å². The van der Waals surface area contributed by atoms with Crippen molar-refractivity contribution in [2.45, 2.75) is 6.92 Å². The average molecular weight is 149 g/mol. The molecule has 0 bridgehead atoms. The van der Waals surface area contributed by atoms with E-state index in [1.54, 1.807) is 0 Å². The second kappa shape index (κ2) is 3.21. The zero-order valence-electron chi connectivity index (χ0n) is 6.46. The molecule has 0 aliphatic heterocycles. The van der Waals surface area contributed by atoms with Gasteiger partial charge in [0.1, 0.15) is 0 Å². The first-order chi connectivity index (χ1) is 5.24. The van der Waals surface area contributed by atoms with Crippen LogP contribution in [0.15, 0.2) is 30.8 Å². The number of hydroxylamine groups is 1. The average Bonchev–Trinajstić information content (AvgIpc) is 2.03. The van der Waals surface area contributed by atoms with Crippen molar-refractivity contribution in [3.8, 4) is 0 Å². The van der Waals surface area contributed by atoms with E-state index in [4.69, 9.17) is 5.21 Å². The Balaban J connectivity index is 2.96. The highest BCUT2D eigenvalue weighted by molar-refractivity contribution is 5.61. The van der Waals surface area contributed by atoms with E-state index >= 15 is 0 Å². The van der Waals surface area contributed by atoms with Gasteiger partial charge in [0.15, 0.2) is 0 Å². The van der Waals surface area contributed by atoms with E-state index < -0.39 is 0 Å². The first-order valence-electron chi connectivity index (χ1n) is 3.40. The van der Waals surface area contributed by atoms with Crippen LogP contribution in [-0.2, 0) is 0 Å². The lowest BCUT2D eigenvalue weighted by Crippen LogP contribution is -2.03. The maximum Gasteiger partial charge on any atom is 0.0602 e. The molecule has 58 valence electrons. The first kappa shape index (κ1) is 7.82. The number of hydrogen-bond acceptors (Lipinski definition) is 2. The van der Waals surface area contributed by atoms with Crippen molar-refractivity contribution in [3.63, 3.8) is 0 Å². The highest BCUT2D eigenvalue weighted by atomic mass is 16.5. The van der Waals surface area contributed by atoms with Gasteiger partial charge >= 0.3 is 0 Å². The molecule has 0 spiro atoms. The molecule has 0 radical (unpaired) electrons. The van der Waals surface area contributed by atoms with Crippen LogP contribution in [0.2, 0.25) is 0 Å². The highest BCUT2D eigenvalue weighted by Crippen LogP contribution is 2.09. The summed E-state index contributed by atoms with van der Waals surface area (Å²) in [4.78, 5) is 0. The molecule has 0 aliphatic rings. The largest absolute Gasteiger partial charge is 0.291 e. The van der Waals surface area contributed by atoms with Gasteiger partial charge in [-0.2, -0.15) is 0 Å². The van der Waals surface area contributed by atoms with Gasteiger partial charge in [0.2, 0.25) is 0 Å². The Morgan fingerprint density at radius 3 is 2.82 bits per heavy atom. The van der Waals surface area contributed by atoms with Crippen LogP contribution >= 0.6 is 0 Å². The first-order valence-corrected chi connectivity index (χ1v) is 3.40. The van der Waals surface area contributed by atoms with E-state index in [1.807, 2.05) is 36.7 Å². The normalized spacial score (nSPS) is 9.27. The van der Waals surface area contributed by atoms with Crippen molar-refractivity contribution in [1.29, 1.82) is 0 Å². The van der Waals surface area contributed by atoms with Gasteiger partial charge < -0.3 is 0 Å². The maximum atomic E-state index is 8.53. The maximum absolute atomic E-state index is 8.53. The molecule has 0 aromatic heterocycles. The lowest BCUT2D eigenvalue weighted by atomic mass is 10.1. The minimum atomic E-state index is 0.522. The van der Waals surface area contributed by atoms with Gasteiger partial charge in [0, 0.05) is 0 Å². The molecular formula is C9H11NO. The molecule has 11 heavy (non-hydrogen) atoms. The standard InChI is InChI=1S/C9H11NO/c1-7-4-3-5-9(6-7)8(2)10-11/h3-6,10-11H,2H2,1H3. The monoisotopic (exact) mass is 149 g/mol. The van der Waals surface area contributed by atoms with Crippen LogP contribution in [0.1, 0.15) is 11.1 Å². The van der Waals surface area contributed by atoms with Gasteiger partial charge in [0.25, 0.3) is 0 Å². The van der Waals surface area contributed by atoms with Crippen molar-refractivity contribution in [3.05, 3.63) is 42.0 Å². The molecule has 1 aromatic rings. The van der Waals surface area contributed by atoms with Crippen LogP contribution in [-0.4, -0.2) is 5.21 Å². The quantitative estimate of drug-likeness (QED) is 0.630. The molecule has 0 atom stereocenters. The molecule has 0 saturated heterocycles. The smallest absolute Gasteiger partial charge is 0.0602 e. The third-order valence-corrected chi connectivity index (χ3v) is 1.50. The number of aryl methyl sites for hydroxylation is 1. The summed E-state index contributed by atoms with van der Waals surface area (Å²) in [6, 6.07) is 7.76. The van der Waals surface area contributed by atoms with Gasteiger partial charge in [-0.3, -0.25) is 10.7 Å². The van der Waals surface area contributed by atoms with Crippen LogP contribution in [0, 0.1) is 6.92 Å². The van der Waals surface area contributed by atoms with Gasteiger partial charge in [-0.1, -0.05) is 30.3 Å². The summed E-state index contributed by atoms with van der Waals surface area (Å²) in [6.45, 7) is 5.62. The van der Waals surface area contributed by atoms with Gasteiger partial charge in [-0.15, -0.1) is 0 Å². The Bertz CT molecular complexity index is 268. The van der Waals surface area contributed by atoms with Crippen LogP contribution < -0.4 is 5.48 Å². The Hall–Kier alpha value is -1.28. The Labute approximate surface area is 66.1 Å². The Morgan fingerprint density at radius 1 is 1.55 bits per heavy atom. The Morgan fingerprint density at radius 2 is 2.27 bits per heavy atom. The molecule has 0 saturated carbocycles. The fourth-order valence-electron chi connectivity index (χ4n) is 0.897. The molecule has 0 fully saturated rings. The van der Waals surface area contributed by atoms with Crippen molar-refractivity contribution in [2.24, 2.45) is 0 Å². The lowest BCUT2D eigenvalue weighted by molar-refractivity contribution is 0.225. The molecule has 2 N–H and O–H groups in total. The van der Waals surface area contributed by atoms with Crippen LogP contribution in [0.25, 0.3) is 5.70 Å². The third kappa shape index (κ3) is 1.82. The number of benzene rings is 1. The van der Waals surface area contributed by atoms with Crippen molar-refractivity contribution >= 4 is 5.70 Å². The molecule has 2 heteroatoms. The number of rotatable bonds is 2. The van der Waals surface area contributed by atoms with E-state index in [2.05, 4.69) is 6.58 Å². The molecular weight excluding hydrogens is 138 g/mol. The number of nitrogens with one attached hydrogen (secondary N) is 1. The zero-order chi connectivity index (χ0) is 8.27. The number of hydrogen-bond donors (Lipinski definition) is 2. The summed E-state index contributed by atoms with van der Waals surface area (Å²) in [6.07, 6.45) is 0. The molecule has 1 rings (SSSR count). The summed E-state index contributed by atoms with van der Waals surface area (Å²) < 4.78 is 0. The third-order valence-electron chi connectivity index (χ3n) is 1.50. The zero-order valence-corrected chi connectivity index (χ0v) is 6.46. The predicted octanol–water partition coefficient (Wildman–Crippen LogP) is 1.94. The topological polar surface area (TPSA) is 32.3 Å².